The Balaban J connectivity index is 2.68. The number of carbonyl (C=O) groups is 2. The molecular formula is C5H7O2+. The molecular weight excluding hydrogens is 92.1 g/mol. The standard InChI is InChI=1S/C5H7O2/c6-4-2-1-3-5-7/h2,4-5H,1,3H2/q+1. The van der Waals surface area contributed by atoms with Crippen molar-refractivity contribution in [3.8, 4) is 0 Å². The van der Waals surface area contributed by atoms with E-state index in [0.29, 0.717) is 19.1 Å². The molecule has 0 heterocycles. The van der Waals surface area contributed by atoms with Crippen molar-refractivity contribution >= 4 is 12.6 Å². The summed E-state index contributed by atoms with van der Waals surface area (Å²) in [5, 5.41) is 0. The van der Waals surface area contributed by atoms with Crippen molar-refractivity contribution in [1.82, 2.24) is 0 Å². The molecule has 0 spiro atoms. The third-order valence-corrected chi connectivity index (χ3v) is 0.547. The molecule has 0 N–H and O–H groups in total. The van der Waals surface area contributed by atoms with Gasteiger partial charge in [0.1, 0.15) is 19.1 Å². The van der Waals surface area contributed by atoms with Gasteiger partial charge in [0.15, 0.2) is 0 Å². The molecule has 0 amide bonds. The monoisotopic (exact) mass is 99.0 g/mol. The molecule has 0 aliphatic rings. The highest BCUT2D eigenvalue weighted by Crippen LogP contribution is 1.84. The van der Waals surface area contributed by atoms with Crippen LogP contribution in [0.1, 0.15) is 12.8 Å². The first-order chi connectivity index (χ1) is 3.41. The zero-order valence-corrected chi connectivity index (χ0v) is 3.96. The van der Waals surface area contributed by atoms with Gasteiger partial charge in [-0.15, -0.1) is 0 Å². The van der Waals surface area contributed by atoms with Crippen LogP contribution in [0.3, 0.4) is 0 Å². The van der Waals surface area contributed by atoms with Crippen LogP contribution < -0.4 is 0 Å². The third kappa shape index (κ3) is 5.21. The smallest absolute Gasteiger partial charge is 0.294 e. The van der Waals surface area contributed by atoms with Crippen molar-refractivity contribution in [3.63, 3.8) is 0 Å². The lowest BCUT2D eigenvalue weighted by atomic mass is 10.3. The number of hydrogen-bond acceptors (Lipinski definition) is 2. The van der Waals surface area contributed by atoms with Gasteiger partial charge in [0.05, 0.1) is 0 Å². The van der Waals surface area contributed by atoms with E-state index in [4.69, 9.17) is 0 Å². The quantitative estimate of drug-likeness (QED) is 0.290. The maximum absolute atomic E-state index is 9.54. The predicted molar refractivity (Wildman–Crippen MR) is 25.7 cm³/mol. The van der Waals surface area contributed by atoms with Gasteiger partial charge in [0.2, 0.25) is 0 Å². The fourth-order valence-electron chi connectivity index (χ4n) is 0.232. The SMILES string of the molecule is O=C[CH+]CCC=O. The molecule has 0 aromatic rings. The van der Waals surface area contributed by atoms with Crippen LogP contribution in [-0.2, 0) is 9.59 Å². The fraction of sp³-hybridized carbons (Fsp3) is 0.400. The third-order valence-electron chi connectivity index (χ3n) is 0.547. The van der Waals surface area contributed by atoms with Crippen molar-refractivity contribution in [1.29, 1.82) is 0 Å². The summed E-state index contributed by atoms with van der Waals surface area (Å²) in [4.78, 5) is 19.1. The number of unbranched alkanes of at least 4 members (excludes halogenated alkanes) is 2. The first-order valence-corrected chi connectivity index (χ1v) is 2.12. The summed E-state index contributed by atoms with van der Waals surface area (Å²) in [5.41, 5.74) is 0. The molecule has 2 heteroatoms. The van der Waals surface area contributed by atoms with Gasteiger partial charge in [0, 0.05) is 6.42 Å². The average Bonchev–Trinajstić information content (AvgIpc) is 1.69. The summed E-state index contributed by atoms with van der Waals surface area (Å²) in [6, 6.07) is 0. The number of carbonyl (C=O) groups excluding carboxylic acids is 2. The Morgan fingerprint density at radius 1 is 1.43 bits per heavy atom. The summed E-state index contributed by atoms with van der Waals surface area (Å²) in [7, 11) is 0. The number of hydrogen-bond donors (Lipinski definition) is 0. The molecule has 0 unspecified atom stereocenters. The zero-order valence-electron chi connectivity index (χ0n) is 3.96. The molecule has 0 aromatic carbocycles. The highest BCUT2D eigenvalue weighted by molar-refractivity contribution is 5.62. The Morgan fingerprint density at radius 3 is 2.57 bits per heavy atom. The van der Waals surface area contributed by atoms with Crippen molar-refractivity contribution in [2.75, 3.05) is 0 Å². The molecule has 0 saturated heterocycles. The molecule has 0 aliphatic carbocycles. The molecule has 0 aromatic heterocycles. The minimum Gasteiger partial charge on any atom is -0.303 e. The Morgan fingerprint density at radius 2 is 2.14 bits per heavy atom. The van der Waals surface area contributed by atoms with Gasteiger partial charge in [0.25, 0.3) is 6.29 Å². The predicted octanol–water partition coefficient (Wildman–Crippen LogP) is 0.369. The topological polar surface area (TPSA) is 34.1 Å². The van der Waals surface area contributed by atoms with Crippen molar-refractivity contribution < 1.29 is 9.59 Å². The van der Waals surface area contributed by atoms with Gasteiger partial charge < -0.3 is 4.79 Å². The summed E-state index contributed by atoms with van der Waals surface area (Å²) < 4.78 is 0. The van der Waals surface area contributed by atoms with Gasteiger partial charge in [-0.2, -0.15) is 0 Å². The second-order valence-corrected chi connectivity index (χ2v) is 1.12. The highest BCUT2D eigenvalue weighted by atomic mass is 16.1. The summed E-state index contributed by atoms with van der Waals surface area (Å²) in [5.74, 6) is 0. The van der Waals surface area contributed by atoms with Crippen LogP contribution in [-0.4, -0.2) is 12.6 Å². The van der Waals surface area contributed by atoms with E-state index in [2.05, 4.69) is 0 Å². The van der Waals surface area contributed by atoms with E-state index in [1.165, 1.54) is 6.42 Å². The first kappa shape index (κ1) is 6.21. The van der Waals surface area contributed by atoms with E-state index in [-0.39, 0.29) is 0 Å². The van der Waals surface area contributed by atoms with Crippen LogP contribution in [0.5, 0.6) is 0 Å². The molecule has 0 bridgehead atoms. The van der Waals surface area contributed by atoms with E-state index in [0.717, 1.165) is 6.29 Å². The lowest BCUT2D eigenvalue weighted by Gasteiger charge is -1.68. The van der Waals surface area contributed by atoms with E-state index >= 15 is 0 Å². The van der Waals surface area contributed by atoms with Gasteiger partial charge in [-0.25, -0.2) is 4.79 Å². The second kappa shape index (κ2) is 5.21. The minimum absolute atomic E-state index is 0.457. The normalized spacial score (nSPS) is 7.43. The van der Waals surface area contributed by atoms with Crippen molar-refractivity contribution in [3.05, 3.63) is 6.42 Å². The molecule has 38 valence electrons. The highest BCUT2D eigenvalue weighted by Gasteiger charge is 1.90. The van der Waals surface area contributed by atoms with Crippen LogP contribution in [0.25, 0.3) is 0 Å². The van der Waals surface area contributed by atoms with Gasteiger partial charge in [-0.3, -0.25) is 0 Å². The van der Waals surface area contributed by atoms with Crippen molar-refractivity contribution in [2.45, 2.75) is 12.8 Å². The Labute approximate surface area is 42.5 Å². The maximum atomic E-state index is 9.54. The molecule has 0 saturated carbocycles. The first-order valence-electron chi connectivity index (χ1n) is 2.12. The Bertz CT molecular complexity index is 51.1. The second-order valence-electron chi connectivity index (χ2n) is 1.12. The summed E-state index contributed by atoms with van der Waals surface area (Å²) in [6.07, 6.45) is 3.95. The molecule has 0 aliphatic heterocycles. The lowest BCUT2D eigenvalue weighted by Crippen LogP contribution is -1.77. The number of rotatable bonds is 4. The summed E-state index contributed by atoms with van der Waals surface area (Å²) >= 11 is 0. The lowest BCUT2D eigenvalue weighted by molar-refractivity contribution is -0.107. The van der Waals surface area contributed by atoms with E-state index < -0.39 is 0 Å². The molecule has 7 heavy (non-hydrogen) atoms. The molecule has 0 fully saturated rings. The van der Waals surface area contributed by atoms with E-state index in [1.54, 1.807) is 0 Å². The molecule has 0 atom stereocenters. The molecule has 0 rings (SSSR count). The van der Waals surface area contributed by atoms with Crippen LogP contribution in [0.2, 0.25) is 0 Å². The zero-order chi connectivity index (χ0) is 5.54. The molecule has 0 radical (unpaired) electrons. The van der Waals surface area contributed by atoms with Gasteiger partial charge in [-0.1, -0.05) is 0 Å². The van der Waals surface area contributed by atoms with Gasteiger partial charge >= 0.3 is 0 Å². The largest absolute Gasteiger partial charge is 0.303 e. The van der Waals surface area contributed by atoms with E-state index in [1.807, 2.05) is 0 Å². The summed E-state index contributed by atoms with van der Waals surface area (Å²) in [6.45, 7) is 0. The molecule has 2 nitrogen and oxygen atoms in total. The minimum atomic E-state index is 0.457. The average molecular weight is 99.1 g/mol. The van der Waals surface area contributed by atoms with Gasteiger partial charge in [-0.05, 0) is 0 Å². The Kier molecular flexibility index (Phi) is 4.62. The maximum Gasteiger partial charge on any atom is 0.294 e. The fourth-order valence-corrected chi connectivity index (χ4v) is 0.232. The Hall–Kier alpha value is -0.790. The van der Waals surface area contributed by atoms with Crippen LogP contribution in [0, 0.1) is 6.42 Å². The van der Waals surface area contributed by atoms with Crippen LogP contribution >= 0.6 is 0 Å². The van der Waals surface area contributed by atoms with Crippen LogP contribution in [0.15, 0.2) is 0 Å². The van der Waals surface area contributed by atoms with Crippen molar-refractivity contribution in [2.24, 2.45) is 0 Å². The number of aldehydes is 2. The van der Waals surface area contributed by atoms with E-state index in [9.17, 15) is 9.59 Å². The van der Waals surface area contributed by atoms with Crippen LogP contribution in [0.4, 0.5) is 0 Å².